The lowest BCUT2D eigenvalue weighted by Crippen LogP contribution is -2.32. The number of unbranched alkanes of at least 4 members (excludes halogenated alkanes) is 1. The number of hydrogen-bond acceptors (Lipinski definition) is 3. The molecule has 0 aliphatic heterocycles. The molecule has 0 spiro atoms. The zero-order chi connectivity index (χ0) is 16.9. The second-order valence-electron chi connectivity index (χ2n) is 6.10. The number of amides is 1. The van der Waals surface area contributed by atoms with E-state index >= 15 is 0 Å². The maximum absolute atomic E-state index is 12.4. The summed E-state index contributed by atoms with van der Waals surface area (Å²) in [5.74, 6) is 0.0171. The van der Waals surface area contributed by atoms with Crippen molar-refractivity contribution >= 4 is 34.5 Å². The Hall–Kier alpha value is -1.91. The summed E-state index contributed by atoms with van der Waals surface area (Å²) in [7, 11) is 0. The number of aromatic nitrogens is 1. The van der Waals surface area contributed by atoms with Gasteiger partial charge < -0.3 is 10.0 Å². The number of nitrogens with zero attached hydrogens (tertiary/aromatic N) is 2. The molecular weight excluding hydrogens is 324 g/mol. The van der Waals surface area contributed by atoms with Gasteiger partial charge in [-0.1, -0.05) is 23.7 Å². The molecule has 1 aromatic carbocycles. The molecule has 3 rings (SSSR count). The zero-order valence-corrected chi connectivity index (χ0v) is 14.2. The third-order valence-corrected chi connectivity index (χ3v) is 4.39. The van der Waals surface area contributed by atoms with Gasteiger partial charge in [-0.25, -0.2) is 4.98 Å². The highest BCUT2D eigenvalue weighted by molar-refractivity contribution is 6.31. The first-order valence-corrected chi connectivity index (χ1v) is 8.71. The highest BCUT2D eigenvalue weighted by Crippen LogP contribution is 2.27. The fourth-order valence-corrected chi connectivity index (χ4v) is 2.87. The van der Waals surface area contributed by atoms with Gasteiger partial charge in [-0.15, -0.1) is 0 Å². The third-order valence-electron chi connectivity index (χ3n) is 4.15. The standard InChI is InChI=1S/C19H21ClN2O2/c20-15-5-3-14-4-6-16(21-18(14)13-15)7-10-19(24)22(17-8-9-17)11-1-2-12-23/h3-7,10,13,17,23H,1-2,8-9,11-12H2/b10-7+. The van der Waals surface area contributed by atoms with Crippen molar-refractivity contribution in [3.63, 3.8) is 0 Å². The summed E-state index contributed by atoms with van der Waals surface area (Å²) in [6.45, 7) is 0.876. The van der Waals surface area contributed by atoms with E-state index in [1.54, 1.807) is 12.2 Å². The van der Waals surface area contributed by atoms with Crippen molar-refractivity contribution in [2.45, 2.75) is 31.7 Å². The molecule has 0 unspecified atom stereocenters. The predicted octanol–water partition coefficient (Wildman–Crippen LogP) is 3.66. The smallest absolute Gasteiger partial charge is 0.246 e. The SMILES string of the molecule is O=C(/C=C/c1ccc2ccc(Cl)cc2n1)N(CCCCO)C1CC1. The van der Waals surface area contributed by atoms with Crippen molar-refractivity contribution in [3.05, 3.63) is 47.1 Å². The number of carbonyl (C=O) groups excluding carboxylic acids is 1. The lowest BCUT2D eigenvalue weighted by Gasteiger charge is -2.20. The molecule has 1 saturated carbocycles. The average molecular weight is 345 g/mol. The van der Waals surface area contributed by atoms with Crippen LogP contribution in [0.3, 0.4) is 0 Å². The molecule has 1 N–H and O–H groups in total. The highest BCUT2D eigenvalue weighted by Gasteiger charge is 2.30. The van der Waals surface area contributed by atoms with E-state index in [2.05, 4.69) is 4.98 Å². The number of benzene rings is 1. The molecule has 0 radical (unpaired) electrons. The van der Waals surface area contributed by atoms with Gasteiger partial charge in [-0.2, -0.15) is 0 Å². The van der Waals surface area contributed by atoms with Gasteiger partial charge in [-0.05, 0) is 50.0 Å². The van der Waals surface area contributed by atoms with Crippen LogP contribution in [0.25, 0.3) is 17.0 Å². The largest absolute Gasteiger partial charge is 0.396 e. The number of rotatable bonds is 7. The number of pyridine rings is 1. The molecular formula is C19H21ClN2O2. The molecule has 0 atom stereocenters. The Balaban J connectivity index is 1.70. The molecule has 1 aliphatic carbocycles. The maximum Gasteiger partial charge on any atom is 0.246 e. The molecule has 24 heavy (non-hydrogen) atoms. The van der Waals surface area contributed by atoms with E-state index in [-0.39, 0.29) is 12.5 Å². The number of fused-ring (bicyclic) bond motifs is 1. The van der Waals surface area contributed by atoms with Crippen LogP contribution < -0.4 is 0 Å². The van der Waals surface area contributed by atoms with Gasteiger partial charge in [0.05, 0.1) is 11.2 Å². The van der Waals surface area contributed by atoms with E-state index in [1.807, 2.05) is 35.2 Å². The minimum atomic E-state index is 0.0171. The molecule has 1 aliphatic rings. The molecule has 0 saturated heterocycles. The Labute approximate surface area is 146 Å². The summed E-state index contributed by atoms with van der Waals surface area (Å²) in [5, 5.41) is 10.6. The first-order valence-electron chi connectivity index (χ1n) is 8.33. The van der Waals surface area contributed by atoms with E-state index in [1.165, 1.54) is 0 Å². The van der Waals surface area contributed by atoms with Crippen LogP contribution in [0.5, 0.6) is 0 Å². The minimum Gasteiger partial charge on any atom is -0.396 e. The van der Waals surface area contributed by atoms with Crippen LogP contribution >= 0.6 is 11.6 Å². The van der Waals surface area contributed by atoms with Gasteiger partial charge >= 0.3 is 0 Å². The van der Waals surface area contributed by atoms with Crippen LogP contribution in [-0.2, 0) is 4.79 Å². The topological polar surface area (TPSA) is 53.4 Å². The Morgan fingerprint density at radius 3 is 2.83 bits per heavy atom. The molecule has 1 heterocycles. The maximum atomic E-state index is 12.4. The van der Waals surface area contributed by atoms with Crippen LogP contribution in [0.2, 0.25) is 5.02 Å². The van der Waals surface area contributed by atoms with E-state index in [0.717, 1.165) is 42.3 Å². The van der Waals surface area contributed by atoms with E-state index < -0.39 is 0 Å². The summed E-state index contributed by atoms with van der Waals surface area (Å²) < 4.78 is 0. The summed E-state index contributed by atoms with van der Waals surface area (Å²) in [6, 6.07) is 9.82. The number of aliphatic hydroxyl groups excluding tert-OH is 1. The van der Waals surface area contributed by atoms with Crippen molar-refractivity contribution in [2.24, 2.45) is 0 Å². The lowest BCUT2D eigenvalue weighted by atomic mass is 10.2. The van der Waals surface area contributed by atoms with Gasteiger partial charge in [0.25, 0.3) is 0 Å². The van der Waals surface area contributed by atoms with Crippen LogP contribution in [0.15, 0.2) is 36.4 Å². The molecule has 1 amide bonds. The second kappa shape index (κ2) is 7.77. The van der Waals surface area contributed by atoms with Gasteiger partial charge in [0.15, 0.2) is 0 Å². The summed E-state index contributed by atoms with van der Waals surface area (Å²) in [4.78, 5) is 18.9. The predicted molar refractivity (Wildman–Crippen MR) is 96.8 cm³/mol. The molecule has 0 bridgehead atoms. The molecule has 5 heteroatoms. The lowest BCUT2D eigenvalue weighted by molar-refractivity contribution is -0.126. The van der Waals surface area contributed by atoms with Crippen LogP contribution in [0.1, 0.15) is 31.4 Å². The molecule has 126 valence electrons. The second-order valence-corrected chi connectivity index (χ2v) is 6.54. The van der Waals surface area contributed by atoms with Gasteiger partial charge in [0, 0.05) is 35.7 Å². The normalized spacial score (nSPS) is 14.4. The van der Waals surface area contributed by atoms with Gasteiger partial charge in [0.1, 0.15) is 0 Å². The monoisotopic (exact) mass is 344 g/mol. The van der Waals surface area contributed by atoms with Gasteiger partial charge in [-0.3, -0.25) is 4.79 Å². The van der Waals surface area contributed by atoms with Crippen molar-refractivity contribution in [1.29, 1.82) is 0 Å². The van der Waals surface area contributed by atoms with Gasteiger partial charge in [0.2, 0.25) is 5.91 Å². The van der Waals surface area contributed by atoms with E-state index in [0.29, 0.717) is 17.6 Å². The first-order chi connectivity index (χ1) is 11.7. The first kappa shape index (κ1) is 16.9. The molecule has 1 fully saturated rings. The van der Waals surface area contributed by atoms with Crippen molar-refractivity contribution in [1.82, 2.24) is 9.88 Å². The number of carbonyl (C=O) groups is 1. The van der Waals surface area contributed by atoms with Crippen molar-refractivity contribution < 1.29 is 9.90 Å². The highest BCUT2D eigenvalue weighted by atomic mass is 35.5. The Bertz CT molecular complexity index is 756. The summed E-state index contributed by atoms with van der Waals surface area (Å²) in [6.07, 6.45) is 7.06. The molecule has 1 aromatic heterocycles. The van der Waals surface area contributed by atoms with E-state index in [9.17, 15) is 4.79 Å². The Morgan fingerprint density at radius 2 is 2.08 bits per heavy atom. The Morgan fingerprint density at radius 1 is 1.29 bits per heavy atom. The Kier molecular flexibility index (Phi) is 5.48. The quantitative estimate of drug-likeness (QED) is 0.616. The molecule has 4 nitrogen and oxygen atoms in total. The van der Waals surface area contributed by atoms with Crippen LogP contribution in [0, 0.1) is 0 Å². The fourth-order valence-electron chi connectivity index (χ4n) is 2.70. The van der Waals surface area contributed by atoms with Crippen molar-refractivity contribution in [2.75, 3.05) is 13.2 Å². The van der Waals surface area contributed by atoms with Crippen molar-refractivity contribution in [3.8, 4) is 0 Å². The summed E-state index contributed by atoms with van der Waals surface area (Å²) >= 11 is 6.01. The average Bonchev–Trinajstić information content (AvgIpc) is 3.41. The number of aliphatic hydroxyl groups is 1. The third kappa shape index (κ3) is 4.34. The van der Waals surface area contributed by atoms with E-state index in [4.69, 9.17) is 16.7 Å². The van der Waals surface area contributed by atoms with Crippen LogP contribution in [-0.4, -0.2) is 40.1 Å². The molecule has 2 aromatic rings. The minimum absolute atomic E-state index is 0.0171. The number of hydrogen-bond donors (Lipinski definition) is 1. The fraction of sp³-hybridized carbons (Fsp3) is 0.368. The van der Waals surface area contributed by atoms with Crippen LogP contribution in [0.4, 0.5) is 0 Å². The zero-order valence-electron chi connectivity index (χ0n) is 13.5. The number of halogens is 1. The summed E-state index contributed by atoms with van der Waals surface area (Å²) in [5.41, 5.74) is 1.56.